The maximum absolute atomic E-state index is 13.1. The van der Waals surface area contributed by atoms with Crippen LogP contribution in [0.15, 0.2) is 109 Å². The summed E-state index contributed by atoms with van der Waals surface area (Å²) in [7, 11) is -9.96. The second-order valence-electron chi connectivity index (χ2n) is 25.9. The highest BCUT2D eigenvalue weighted by Crippen LogP contribution is 2.45. The van der Waals surface area contributed by atoms with E-state index in [1.807, 2.05) is 0 Å². The van der Waals surface area contributed by atoms with Gasteiger partial charge in [0.2, 0.25) is 0 Å². The summed E-state index contributed by atoms with van der Waals surface area (Å²) in [5.74, 6) is -2.22. The van der Waals surface area contributed by atoms with Crippen molar-refractivity contribution in [3.63, 3.8) is 0 Å². The Bertz CT molecular complexity index is 2320. The molecular weight excluding hydrogens is 1310 g/mol. The Morgan fingerprint density at radius 3 is 0.820 bits per heavy atom. The number of unbranched alkanes of at least 4 members (excludes halogenated alkanes) is 29. The Balaban J connectivity index is 5.38. The predicted molar refractivity (Wildman–Crippen MR) is 408 cm³/mol. The van der Waals surface area contributed by atoms with E-state index in [2.05, 4.69) is 137 Å². The Morgan fingerprint density at radius 2 is 0.520 bits per heavy atom. The quantitative estimate of drug-likeness (QED) is 0.0169. The zero-order valence-corrected chi connectivity index (χ0v) is 64.6. The van der Waals surface area contributed by atoms with Crippen molar-refractivity contribution in [2.24, 2.45) is 0 Å². The van der Waals surface area contributed by atoms with E-state index < -0.39 is 97.5 Å². The highest BCUT2D eigenvalue weighted by Gasteiger charge is 2.30. The minimum absolute atomic E-state index is 0.0684. The SMILES string of the molecule is CC/C=C\C/C=C\C/C=C\C/C=C\CCCCCCC(=O)OCC(COP(=O)(O)OCC(O)COP(=O)(O)OCC(COC(=O)CCCCCCC/C=C\C/C=C\CCCCC)OC(=O)CCCCCCCCCCCCCCC)OC(=O)CCCCCCC/C=C\C/C=C\C/C=C\CC. The molecule has 0 bridgehead atoms. The smallest absolute Gasteiger partial charge is 0.462 e. The van der Waals surface area contributed by atoms with E-state index in [0.29, 0.717) is 25.7 Å². The average molecular weight is 1450 g/mol. The predicted octanol–water partition coefficient (Wildman–Crippen LogP) is 22.6. The molecule has 0 aromatic carbocycles. The topological polar surface area (TPSA) is 237 Å². The van der Waals surface area contributed by atoms with Gasteiger partial charge in [0.1, 0.15) is 19.3 Å². The fourth-order valence-electron chi connectivity index (χ4n) is 10.3. The summed E-state index contributed by atoms with van der Waals surface area (Å²) in [6.07, 6.45) is 77.8. The van der Waals surface area contributed by atoms with Crippen molar-refractivity contribution in [1.29, 1.82) is 0 Å². The summed E-state index contributed by atoms with van der Waals surface area (Å²) in [6.45, 7) is 4.59. The molecule has 0 aliphatic heterocycles. The van der Waals surface area contributed by atoms with Gasteiger partial charge in [-0.2, -0.15) is 0 Å². The van der Waals surface area contributed by atoms with Gasteiger partial charge in [0, 0.05) is 25.7 Å². The number of phosphoric acid groups is 2. The van der Waals surface area contributed by atoms with Gasteiger partial charge < -0.3 is 33.8 Å². The molecule has 0 fully saturated rings. The highest BCUT2D eigenvalue weighted by atomic mass is 31.2. The summed E-state index contributed by atoms with van der Waals surface area (Å²) in [5.41, 5.74) is 0. The number of allylic oxidation sites excluding steroid dienone is 18. The molecule has 5 unspecified atom stereocenters. The van der Waals surface area contributed by atoms with Gasteiger partial charge in [0.05, 0.1) is 26.4 Å². The van der Waals surface area contributed by atoms with Crippen molar-refractivity contribution in [1.82, 2.24) is 0 Å². The van der Waals surface area contributed by atoms with Crippen LogP contribution in [-0.2, 0) is 65.4 Å². The Kier molecular flexibility index (Phi) is 69.9. The van der Waals surface area contributed by atoms with Crippen molar-refractivity contribution < 1.29 is 80.2 Å². The fraction of sp³-hybridized carbons (Fsp3) is 0.728. The number of esters is 4. The van der Waals surface area contributed by atoms with Gasteiger partial charge in [0.25, 0.3) is 0 Å². The molecule has 0 heterocycles. The summed E-state index contributed by atoms with van der Waals surface area (Å²) >= 11 is 0. The first-order chi connectivity index (χ1) is 48.7. The van der Waals surface area contributed by atoms with Gasteiger partial charge in [-0.05, 0) is 128 Å². The molecular formula is C81H140O17P2. The molecule has 0 aromatic heterocycles. The molecule has 0 amide bonds. The molecule has 0 aliphatic rings. The van der Waals surface area contributed by atoms with Crippen LogP contribution in [0.3, 0.4) is 0 Å². The normalized spacial score (nSPS) is 14.5. The number of hydrogen-bond donors (Lipinski definition) is 3. The molecule has 100 heavy (non-hydrogen) atoms. The monoisotopic (exact) mass is 1450 g/mol. The Morgan fingerprint density at radius 1 is 0.290 bits per heavy atom. The molecule has 0 spiro atoms. The molecule has 0 aliphatic carbocycles. The van der Waals surface area contributed by atoms with Crippen LogP contribution >= 0.6 is 15.6 Å². The molecule has 17 nitrogen and oxygen atoms in total. The fourth-order valence-corrected chi connectivity index (χ4v) is 11.9. The number of hydrogen-bond acceptors (Lipinski definition) is 15. The molecule has 0 saturated heterocycles. The number of ether oxygens (including phenoxy) is 4. The van der Waals surface area contributed by atoms with Gasteiger partial charge in [0.15, 0.2) is 12.2 Å². The van der Waals surface area contributed by atoms with Gasteiger partial charge in [-0.15, -0.1) is 0 Å². The van der Waals surface area contributed by atoms with E-state index in [4.69, 9.17) is 37.0 Å². The summed E-state index contributed by atoms with van der Waals surface area (Å²) in [5, 5.41) is 10.6. The van der Waals surface area contributed by atoms with Crippen LogP contribution in [0.4, 0.5) is 0 Å². The summed E-state index contributed by atoms with van der Waals surface area (Å²) in [6, 6.07) is 0. The van der Waals surface area contributed by atoms with Crippen molar-refractivity contribution in [3.8, 4) is 0 Å². The Hall–Kier alpha value is -4.28. The second-order valence-corrected chi connectivity index (χ2v) is 28.8. The van der Waals surface area contributed by atoms with Crippen LogP contribution in [-0.4, -0.2) is 96.7 Å². The van der Waals surface area contributed by atoms with Crippen molar-refractivity contribution in [2.75, 3.05) is 39.6 Å². The number of carbonyl (C=O) groups excluding carboxylic acids is 4. The average Bonchev–Trinajstić information content (AvgIpc) is 1.06. The molecule has 0 aromatic rings. The van der Waals surface area contributed by atoms with Gasteiger partial charge in [-0.25, -0.2) is 9.13 Å². The van der Waals surface area contributed by atoms with E-state index in [1.165, 1.54) is 70.6 Å². The number of aliphatic hydroxyl groups is 1. The molecule has 5 atom stereocenters. The first kappa shape index (κ1) is 95.7. The molecule has 3 N–H and O–H groups in total. The third kappa shape index (κ3) is 72.1. The van der Waals surface area contributed by atoms with Gasteiger partial charge in [-0.1, -0.05) is 278 Å². The van der Waals surface area contributed by atoms with E-state index >= 15 is 0 Å². The van der Waals surface area contributed by atoms with Gasteiger partial charge >= 0.3 is 39.5 Å². The number of carbonyl (C=O) groups is 4. The highest BCUT2D eigenvalue weighted by molar-refractivity contribution is 7.47. The lowest BCUT2D eigenvalue weighted by molar-refractivity contribution is -0.161. The van der Waals surface area contributed by atoms with Crippen molar-refractivity contribution in [3.05, 3.63) is 109 Å². The Labute approximate surface area is 607 Å². The molecule has 19 heteroatoms. The van der Waals surface area contributed by atoms with E-state index in [1.54, 1.807) is 0 Å². The van der Waals surface area contributed by atoms with Crippen LogP contribution in [0.1, 0.15) is 323 Å². The summed E-state index contributed by atoms with van der Waals surface area (Å²) in [4.78, 5) is 72.9. The lowest BCUT2D eigenvalue weighted by Gasteiger charge is -2.21. The number of phosphoric ester groups is 2. The third-order valence-corrected chi connectivity index (χ3v) is 18.1. The molecule has 0 saturated carbocycles. The van der Waals surface area contributed by atoms with Crippen LogP contribution in [0.5, 0.6) is 0 Å². The van der Waals surface area contributed by atoms with E-state index in [-0.39, 0.29) is 25.7 Å². The molecule has 0 rings (SSSR count). The largest absolute Gasteiger partial charge is 0.472 e. The van der Waals surface area contributed by atoms with Crippen molar-refractivity contribution in [2.45, 2.75) is 341 Å². The first-order valence-corrected chi connectivity index (χ1v) is 42.1. The maximum atomic E-state index is 13.1. The first-order valence-electron chi connectivity index (χ1n) is 39.1. The number of rotatable bonds is 73. The molecule has 576 valence electrons. The van der Waals surface area contributed by atoms with Crippen LogP contribution < -0.4 is 0 Å². The van der Waals surface area contributed by atoms with Crippen LogP contribution in [0, 0.1) is 0 Å². The lowest BCUT2D eigenvalue weighted by atomic mass is 10.0. The zero-order chi connectivity index (χ0) is 73.2. The van der Waals surface area contributed by atoms with Gasteiger partial charge in [-0.3, -0.25) is 37.3 Å². The zero-order valence-electron chi connectivity index (χ0n) is 62.8. The van der Waals surface area contributed by atoms with E-state index in [0.717, 1.165) is 173 Å². The van der Waals surface area contributed by atoms with Crippen molar-refractivity contribution >= 4 is 39.5 Å². The minimum Gasteiger partial charge on any atom is -0.462 e. The van der Waals surface area contributed by atoms with Crippen LogP contribution in [0.25, 0.3) is 0 Å². The third-order valence-electron chi connectivity index (χ3n) is 16.2. The summed E-state index contributed by atoms with van der Waals surface area (Å²) < 4.78 is 68.5. The number of aliphatic hydroxyl groups excluding tert-OH is 1. The molecule has 0 radical (unpaired) electrons. The lowest BCUT2D eigenvalue weighted by Crippen LogP contribution is -2.30. The van der Waals surface area contributed by atoms with E-state index in [9.17, 15) is 43.2 Å². The van der Waals surface area contributed by atoms with Crippen LogP contribution in [0.2, 0.25) is 0 Å². The minimum atomic E-state index is -4.99. The second kappa shape index (κ2) is 73.0. The standard InChI is InChI=1S/C81H140O17P2/c1-5-9-13-17-21-25-29-33-36-37-40-43-46-50-54-58-62-66-79(84)92-72-77(98-81(86)68-64-60-56-52-48-44-39-35-31-27-23-19-15-11-7-3)74-96-100(89,90)94-70-75(82)69-93-99(87,88)95-73-76(97-80(85)67-63-59-55-51-47-41-32-28-24-20-16-12-8-4)71-91-78(83)65-61-57-53-49-45-42-38-34-30-26-22-18-14-10-6-2/h9,11,13,15,21-23,25-27,33-36,38-40,43,75-77,82H,5-8,10,12,14,16-20,24,28-32,37,41-42,44-74H2,1-4H3,(H,87,88)(H,89,90)/b13-9-,15-11-,25-21-,26-22-,27-23-,36-33-,38-34-,39-35-,43-40-. The maximum Gasteiger partial charge on any atom is 0.472 e.